The monoisotopic (exact) mass is 260 g/mol. The molecule has 2 rings (SSSR count). The molecule has 0 bridgehead atoms. The molecule has 7 nitrogen and oxygen atoms in total. The molecule has 0 aliphatic rings. The molecule has 19 heavy (non-hydrogen) atoms. The van der Waals surface area contributed by atoms with Crippen molar-refractivity contribution in [3.8, 4) is 0 Å². The highest BCUT2D eigenvalue weighted by molar-refractivity contribution is 5.92. The van der Waals surface area contributed by atoms with Crippen LogP contribution in [-0.2, 0) is 6.42 Å². The van der Waals surface area contributed by atoms with Crippen molar-refractivity contribution in [2.75, 3.05) is 26.0 Å². The number of hydrogen-bond acceptors (Lipinski definition) is 5. The number of nitrogens with one attached hydrogen (secondary N) is 2. The van der Waals surface area contributed by atoms with Gasteiger partial charge in [0.05, 0.1) is 0 Å². The molecule has 7 heteroatoms. The second-order valence-corrected chi connectivity index (χ2v) is 4.24. The number of amides is 1. The molecule has 0 aliphatic heterocycles. The second kappa shape index (κ2) is 5.94. The maximum absolute atomic E-state index is 11.8. The summed E-state index contributed by atoms with van der Waals surface area (Å²) in [6.07, 6.45) is 3.84. The molecule has 0 saturated heterocycles. The highest BCUT2D eigenvalue weighted by Crippen LogP contribution is 2.09. The molecular formula is C12H16N6O. The Labute approximate surface area is 111 Å². The van der Waals surface area contributed by atoms with Crippen molar-refractivity contribution in [2.45, 2.75) is 6.42 Å². The Morgan fingerprint density at radius 3 is 2.95 bits per heavy atom. The van der Waals surface area contributed by atoms with Crippen LogP contribution in [0.4, 0.5) is 5.69 Å². The van der Waals surface area contributed by atoms with E-state index in [-0.39, 0.29) is 5.91 Å². The number of nitrogens with zero attached hydrogens (tertiary/aromatic N) is 4. The second-order valence-electron chi connectivity index (χ2n) is 4.24. The molecule has 1 amide bonds. The Hall–Kier alpha value is -2.44. The zero-order valence-electron chi connectivity index (χ0n) is 10.9. The van der Waals surface area contributed by atoms with E-state index in [0.717, 1.165) is 17.9 Å². The van der Waals surface area contributed by atoms with Gasteiger partial charge in [0.1, 0.15) is 17.8 Å². The van der Waals surface area contributed by atoms with Gasteiger partial charge in [-0.15, -0.1) is 0 Å². The molecule has 0 spiro atoms. The number of hydrogen-bond donors (Lipinski definition) is 2. The van der Waals surface area contributed by atoms with Gasteiger partial charge in [-0.1, -0.05) is 0 Å². The van der Waals surface area contributed by atoms with E-state index < -0.39 is 0 Å². The van der Waals surface area contributed by atoms with Crippen LogP contribution in [0.5, 0.6) is 0 Å². The van der Waals surface area contributed by atoms with E-state index in [1.165, 1.54) is 11.2 Å². The molecule has 0 radical (unpaired) electrons. The topological polar surface area (TPSA) is 86.8 Å². The standard InChI is InChI=1S/C12H16N6O/c1-18(2)12(19)10-7-9(3-5-14-10)13-6-4-11-15-8-16-17-11/h3,5,7-8H,4,6H2,1-2H3,(H,13,14)(H,15,16,17). The van der Waals surface area contributed by atoms with Gasteiger partial charge < -0.3 is 10.2 Å². The Bertz CT molecular complexity index is 537. The van der Waals surface area contributed by atoms with Crippen molar-refractivity contribution in [3.05, 3.63) is 36.2 Å². The molecule has 2 heterocycles. The quantitative estimate of drug-likeness (QED) is 0.820. The molecule has 2 aromatic rings. The fourth-order valence-electron chi connectivity index (χ4n) is 1.56. The number of pyridine rings is 1. The van der Waals surface area contributed by atoms with E-state index in [4.69, 9.17) is 0 Å². The molecule has 2 N–H and O–H groups in total. The van der Waals surface area contributed by atoms with Gasteiger partial charge in [0, 0.05) is 38.9 Å². The molecule has 0 aromatic carbocycles. The summed E-state index contributed by atoms with van der Waals surface area (Å²) in [6, 6.07) is 3.57. The molecule has 2 aromatic heterocycles. The molecular weight excluding hydrogens is 244 g/mol. The fraction of sp³-hybridized carbons (Fsp3) is 0.333. The minimum absolute atomic E-state index is 0.112. The lowest BCUT2D eigenvalue weighted by atomic mass is 10.3. The van der Waals surface area contributed by atoms with Crippen molar-refractivity contribution in [3.63, 3.8) is 0 Å². The normalized spacial score (nSPS) is 10.2. The predicted octanol–water partition coefficient (Wildman–Crippen LogP) is 0.556. The van der Waals surface area contributed by atoms with E-state index in [2.05, 4.69) is 25.5 Å². The molecule has 0 atom stereocenters. The van der Waals surface area contributed by atoms with Crippen molar-refractivity contribution in [2.24, 2.45) is 0 Å². The minimum atomic E-state index is -0.112. The first-order chi connectivity index (χ1) is 9.16. The maximum Gasteiger partial charge on any atom is 0.272 e. The van der Waals surface area contributed by atoms with Crippen LogP contribution >= 0.6 is 0 Å². The third kappa shape index (κ3) is 3.51. The third-order valence-electron chi connectivity index (χ3n) is 2.54. The summed E-state index contributed by atoms with van der Waals surface area (Å²) in [5.74, 6) is 0.713. The van der Waals surface area contributed by atoms with Gasteiger partial charge in [-0.2, -0.15) is 5.10 Å². The number of rotatable bonds is 5. The first-order valence-corrected chi connectivity index (χ1v) is 5.92. The number of anilines is 1. The largest absolute Gasteiger partial charge is 0.384 e. The summed E-state index contributed by atoms with van der Waals surface area (Å²) < 4.78 is 0. The highest BCUT2D eigenvalue weighted by Gasteiger charge is 2.09. The smallest absolute Gasteiger partial charge is 0.272 e. The van der Waals surface area contributed by atoms with Crippen LogP contribution in [0, 0.1) is 0 Å². The highest BCUT2D eigenvalue weighted by atomic mass is 16.2. The number of aromatic nitrogens is 4. The van der Waals surface area contributed by atoms with Crippen molar-refractivity contribution < 1.29 is 4.79 Å². The Morgan fingerprint density at radius 1 is 1.42 bits per heavy atom. The van der Waals surface area contributed by atoms with Gasteiger partial charge in [-0.05, 0) is 12.1 Å². The molecule has 0 saturated carbocycles. The summed E-state index contributed by atoms with van der Waals surface area (Å²) in [6.45, 7) is 0.703. The number of carbonyl (C=O) groups excluding carboxylic acids is 1. The van der Waals surface area contributed by atoms with Crippen molar-refractivity contribution >= 4 is 11.6 Å². The van der Waals surface area contributed by atoms with Gasteiger partial charge in [0.2, 0.25) is 0 Å². The average Bonchev–Trinajstić information content (AvgIpc) is 2.91. The van der Waals surface area contributed by atoms with Gasteiger partial charge >= 0.3 is 0 Å². The Balaban J connectivity index is 1.93. The van der Waals surface area contributed by atoms with E-state index in [9.17, 15) is 4.79 Å². The minimum Gasteiger partial charge on any atom is -0.384 e. The van der Waals surface area contributed by atoms with Crippen molar-refractivity contribution in [1.82, 2.24) is 25.1 Å². The van der Waals surface area contributed by atoms with Crippen LogP contribution in [0.2, 0.25) is 0 Å². The van der Waals surface area contributed by atoms with Gasteiger partial charge in [0.15, 0.2) is 0 Å². The maximum atomic E-state index is 11.8. The lowest BCUT2D eigenvalue weighted by Crippen LogP contribution is -2.22. The third-order valence-corrected chi connectivity index (χ3v) is 2.54. The SMILES string of the molecule is CN(C)C(=O)c1cc(NCCc2ncn[nH]2)ccn1. The van der Waals surface area contributed by atoms with E-state index in [0.29, 0.717) is 12.2 Å². The van der Waals surface area contributed by atoms with Crippen LogP contribution in [0.1, 0.15) is 16.3 Å². The molecule has 0 fully saturated rings. The van der Waals surface area contributed by atoms with Crippen LogP contribution in [-0.4, -0.2) is 51.6 Å². The average molecular weight is 260 g/mol. The zero-order chi connectivity index (χ0) is 13.7. The lowest BCUT2D eigenvalue weighted by Gasteiger charge is -2.11. The van der Waals surface area contributed by atoms with E-state index in [1.54, 1.807) is 26.4 Å². The fourth-order valence-corrected chi connectivity index (χ4v) is 1.56. The first-order valence-electron chi connectivity index (χ1n) is 5.92. The number of carbonyl (C=O) groups is 1. The number of aromatic amines is 1. The van der Waals surface area contributed by atoms with E-state index >= 15 is 0 Å². The van der Waals surface area contributed by atoms with Crippen LogP contribution in [0.25, 0.3) is 0 Å². The van der Waals surface area contributed by atoms with Crippen LogP contribution in [0.15, 0.2) is 24.7 Å². The molecule has 100 valence electrons. The van der Waals surface area contributed by atoms with Crippen LogP contribution < -0.4 is 5.32 Å². The predicted molar refractivity (Wildman–Crippen MR) is 70.8 cm³/mol. The Morgan fingerprint density at radius 2 is 2.26 bits per heavy atom. The molecule has 0 aliphatic carbocycles. The zero-order valence-corrected chi connectivity index (χ0v) is 10.9. The van der Waals surface area contributed by atoms with E-state index in [1.807, 2.05) is 6.07 Å². The first kappa shape index (κ1) is 13.0. The summed E-state index contributed by atoms with van der Waals surface area (Å²) in [5, 5.41) is 9.79. The lowest BCUT2D eigenvalue weighted by molar-refractivity contribution is 0.0822. The summed E-state index contributed by atoms with van der Waals surface area (Å²) >= 11 is 0. The van der Waals surface area contributed by atoms with Gasteiger partial charge in [-0.25, -0.2) is 4.98 Å². The molecule has 0 unspecified atom stereocenters. The summed E-state index contributed by atoms with van der Waals surface area (Å²) in [7, 11) is 3.40. The van der Waals surface area contributed by atoms with Gasteiger partial charge in [0.25, 0.3) is 5.91 Å². The summed E-state index contributed by atoms with van der Waals surface area (Å²) in [4.78, 5) is 21.4. The number of H-pyrrole nitrogens is 1. The Kier molecular flexibility index (Phi) is 4.07. The van der Waals surface area contributed by atoms with Crippen LogP contribution in [0.3, 0.4) is 0 Å². The van der Waals surface area contributed by atoms with Gasteiger partial charge in [-0.3, -0.25) is 14.9 Å². The van der Waals surface area contributed by atoms with Crippen molar-refractivity contribution in [1.29, 1.82) is 0 Å². The summed E-state index contributed by atoms with van der Waals surface area (Å²) in [5.41, 5.74) is 1.29.